The van der Waals surface area contributed by atoms with Crippen molar-refractivity contribution < 1.29 is 9.21 Å². The number of nitrogens with zero attached hydrogens (tertiary/aromatic N) is 4. The molecule has 2 aromatic heterocycles. The lowest BCUT2D eigenvalue weighted by molar-refractivity contribution is 0.236. The van der Waals surface area contributed by atoms with Gasteiger partial charge < -0.3 is 15.1 Å². The molecule has 0 aliphatic heterocycles. The minimum Gasteiger partial charge on any atom is -0.459 e. The van der Waals surface area contributed by atoms with E-state index in [9.17, 15) is 4.79 Å². The summed E-state index contributed by atoms with van der Waals surface area (Å²) in [6, 6.07) is 7.42. The van der Waals surface area contributed by atoms with Crippen LogP contribution in [-0.4, -0.2) is 32.8 Å². The molecule has 2 N–H and O–H groups in total. The highest BCUT2D eigenvalue weighted by Crippen LogP contribution is 2.28. The summed E-state index contributed by atoms with van der Waals surface area (Å²) < 4.78 is 7.49. The van der Waals surface area contributed by atoms with Crippen molar-refractivity contribution in [3.63, 3.8) is 0 Å². The Morgan fingerprint density at radius 1 is 1.38 bits per heavy atom. The fourth-order valence-corrected chi connectivity index (χ4v) is 2.65. The van der Waals surface area contributed by atoms with E-state index < -0.39 is 0 Å². The number of carbonyl (C=O) groups excluding carboxylic acids is 1. The summed E-state index contributed by atoms with van der Waals surface area (Å²) in [5.41, 5.74) is 1.89. The predicted octanol–water partition coefficient (Wildman–Crippen LogP) is 2.18. The SMILES string of the molecule is Cc1c(C(C)NC(=O)NCCCn2cnnn2)oc2ccccc12. The number of para-hydroxylation sites is 1. The zero-order chi connectivity index (χ0) is 16.9. The van der Waals surface area contributed by atoms with Gasteiger partial charge >= 0.3 is 6.03 Å². The summed E-state index contributed by atoms with van der Waals surface area (Å²) in [4.78, 5) is 12.0. The van der Waals surface area contributed by atoms with Crippen molar-refractivity contribution in [2.45, 2.75) is 32.9 Å². The molecule has 3 rings (SSSR count). The summed E-state index contributed by atoms with van der Waals surface area (Å²) in [7, 11) is 0. The maximum absolute atomic E-state index is 12.0. The molecule has 3 aromatic rings. The van der Waals surface area contributed by atoms with E-state index in [2.05, 4.69) is 26.2 Å². The van der Waals surface area contributed by atoms with Gasteiger partial charge in [0.25, 0.3) is 0 Å². The first-order valence-corrected chi connectivity index (χ1v) is 7.88. The van der Waals surface area contributed by atoms with Gasteiger partial charge in [0.2, 0.25) is 0 Å². The molecule has 126 valence electrons. The van der Waals surface area contributed by atoms with Gasteiger partial charge in [-0.15, -0.1) is 5.10 Å². The van der Waals surface area contributed by atoms with Gasteiger partial charge in [0.15, 0.2) is 0 Å². The first kappa shape index (κ1) is 16.0. The maximum Gasteiger partial charge on any atom is 0.315 e. The van der Waals surface area contributed by atoms with Crippen molar-refractivity contribution >= 4 is 17.0 Å². The highest BCUT2D eigenvalue weighted by molar-refractivity contribution is 5.82. The molecule has 0 bridgehead atoms. The van der Waals surface area contributed by atoms with Crippen LogP contribution in [0.3, 0.4) is 0 Å². The Labute approximate surface area is 139 Å². The van der Waals surface area contributed by atoms with E-state index in [4.69, 9.17) is 4.42 Å². The smallest absolute Gasteiger partial charge is 0.315 e. The number of rotatable bonds is 6. The number of urea groups is 1. The Morgan fingerprint density at radius 2 is 2.21 bits per heavy atom. The second-order valence-electron chi connectivity index (χ2n) is 5.64. The second-order valence-corrected chi connectivity index (χ2v) is 5.64. The van der Waals surface area contributed by atoms with Crippen molar-refractivity contribution in [2.24, 2.45) is 0 Å². The predicted molar refractivity (Wildman–Crippen MR) is 88.3 cm³/mol. The number of hydrogen-bond acceptors (Lipinski definition) is 5. The average molecular weight is 328 g/mol. The standard InChI is InChI=1S/C16H20N6O2/c1-11-13-6-3-4-7-14(13)24-15(11)12(2)19-16(23)17-8-5-9-22-10-18-20-21-22/h3-4,6-7,10,12H,5,8-9H2,1-2H3,(H2,17,19,23). The lowest BCUT2D eigenvalue weighted by Gasteiger charge is -2.13. The number of aryl methyl sites for hydroxylation is 2. The highest BCUT2D eigenvalue weighted by Gasteiger charge is 2.17. The first-order chi connectivity index (χ1) is 11.6. The summed E-state index contributed by atoms with van der Waals surface area (Å²) in [5, 5.41) is 17.7. The lowest BCUT2D eigenvalue weighted by Crippen LogP contribution is -2.37. The van der Waals surface area contributed by atoms with Crippen LogP contribution in [0.1, 0.15) is 30.7 Å². The summed E-state index contributed by atoms with van der Waals surface area (Å²) in [6.45, 7) is 5.11. The fourth-order valence-electron chi connectivity index (χ4n) is 2.65. The largest absolute Gasteiger partial charge is 0.459 e. The van der Waals surface area contributed by atoms with Gasteiger partial charge in [-0.2, -0.15) is 0 Å². The molecule has 0 fully saturated rings. The van der Waals surface area contributed by atoms with Crippen molar-refractivity contribution in [1.82, 2.24) is 30.8 Å². The van der Waals surface area contributed by atoms with Crippen LogP contribution in [0, 0.1) is 6.92 Å². The zero-order valence-corrected chi connectivity index (χ0v) is 13.7. The van der Waals surface area contributed by atoms with Crippen molar-refractivity contribution in [3.05, 3.63) is 41.9 Å². The number of carbonyl (C=O) groups is 1. The monoisotopic (exact) mass is 328 g/mol. The Hall–Kier alpha value is -2.90. The van der Waals surface area contributed by atoms with E-state index in [0.717, 1.165) is 28.7 Å². The van der Waals surface area contributed by atoms with Gasteiger partial charge in [0.1, 0.15) is 17.7 Å². The number of fused-ring (bicyclic) bond motifs is 1. The number of furan rings is 1. The van der Waals surface area contributed by atoms with E-state index in [-0.39, 0.29) is 12.1 Å². The van der Waals surface area contributed by atoms with Crippen LogP contribution in [0.2, 0.25) is 0 Å². The minimum absolute atomic E-state index is 0.211. The topological polar surface area (TPSA) is 97.9 Å². The van der Waals surface area contributed by atoms with Crippen molar-refractivity contribution in [2.75, 3.05) is 6.54 Å². The Morgan fingerprint density at radius 3 is 2.96 bits per heavy atom. The van der Waals surface area contributed by atoms with Crippen molar-refractivity contribution in [3.8, 4) is 0 Å². The van der Waals surface area contributed by atoms with Gasteiger partial charge in [0, 0.05) is 24.0 Å². The Balaban J connectivity index is 1.50. The Kier molecular flexibility index (Phi) is 4.74. The fraction of sp³-hybridized carbons (Fsp3) is 0.375. The quantitative estimate of drug-likeness (QED) is 0.676. The molecule has 0 spiro atoms. The summed E-state index contributed by atoms with van der Waals surface area (Å²) >= 11 is 0. The number of benzene rings is 1. The van der Waals surface area contributed by atoms with Crippen LogP contribution in [0.15, 0.2) is 35.0 Å². The lowest BCUT2D eigenvalue weighted by atomic mass is 10.1. The first-order valence-electron chi connectivity index (χ1n) is 7.88. The maximum atomic E-state index is 12.0. The van der Waals surface area contributed by atoms with Crippen LogP contribution >= 0.6 is 0 Å². The normalized spacial score (nSPS) is 12.2. The summed E-state index contributed by atoms with van der Waals surface area (Å²) in [5.74, 6) is 0.778. The van der Waals surface area contributed by atoms with E-state index in [0.29, 0.717) is 13.1 Å². The van der Waals surface area contributed by atoms with Crippen LogP contribution in [-0.2, 0) is 6.54 Å². The third-order valence-corrected chi connectivity index (χ3v) is 3.86. The molecular weight excluding hydrogens is 308 g/mol. The van der Waals surface area contributed by atoms with Gasteiger partial charge in [-0.3, -0.25) is 0 Å². The third-order valence-electron chi connectivity index (χ3n) is 3.86. The molecule has 2 amide bonds. The van der Waals surface area contributed by atoms with E-state index in [1.807, 2.05) is 38.1 Å². The zero-order valence-electron chi connectivity index (χ0n) is 13.7. The average Bonchev–Trinajstić information content (AvgIpc) is 3.20. The number of nitrogens with one attached hydrogen (secondary N) is 2. The van der Waals surface area contributed by atoms with Gasteiger partial charge in [-0.05, 0) is 36.8 Å². The molecule has 0 saturated carbocycles. The van der Waals surface area contributed by atoms with Crippen LogP contribution in [0.5, 0.6) is 0 Å². The summed E-state index contributed by atoms with van der Waals surface area (Å²) in [6.07, 6.45) is 2.29. The van der Waals surface area contributed by atoms with E-state index in [1.165, 1.54) is 0 Å². The second kappa shape index (κ2) is 7.12. The van der Waals surface area contributed by atoms with E-state index in [1.54, 1.807) is 11.0 Å². The number of amides is 2. The van der Waals surface area contributed by atoms with Gasteiger partial charge in [0.05, 0.1) is 6.04 Å². The molecule has 8 nitrogen and oxygen atoms in total. The van der Waals surface area contributed by atoms with Gasteiger partial charge in [-0.25, -0.2) is 9.48 Å². The number of tetrazole rings is 1. The molecule has 0 aliphatic carbocycles. The third kappa shape index (κ3) is 3.53. The van der Waals surface area contributed by atoms with E-state index >= 15 is 0 Å². The van der Waals surface area contributed by atoms with Crippen LogP contribution < -0.4 is 10.6 Å². The Bertz CT molecular complexity index is 811. The molecule has 0 saturated heterocycles. The molecule has 1 aromatic carbocycles. The highest BCUT2D eigenvalue weighted by atomic mass is 16.3. The minimum atomic E-state index is -0.223. The molecule has 0 aliphatic rings. The van der Waals surface area contributed by atoms with Crippen LogP contribution in [0.4, 0.5) is 4.79 Å². The molecular formula is C16H20N6O2. The van der Waals surface area contributed by atoms with Crippen LogP contribution in [0.25, 0.3) is 11.0 Å². The molecule has 2 heterocycles. The molecule has 0 radical (unpaired) electrons. The van der Waals surface area contributed by atoms with Crippen molar-refractivity contribution in [1.29, 1.82) is 0 Å². The molecule has 1 unspecified atom stereocenters. The molecule has 24 heavy (non-hydrogen) atoms. The molecule has 1 atom stereocenters. The molecule has 8 heteroatoms. The number of aromatic nitrogens is 4. The number of hydrogen-bond donors (Lipinski definition) is 2. The van der Waals surface area contributed by atoms with Gasteiger partial charge in [-0.1, -0.05) is 18.2 Å².